The Labute approximate surface area is 191 Å². The lowest BCUT2D eigenvalue weighted by molar-refractivity contribution is -0.124. The zero-order valence-electron chi connectivity index (χ0n) is 18.3. The summed E-state index contributed by atoms with van der Waals surface area (Å²) >= 11 is 0. The lowest BCUT2D eigenvalue weighted by atomic mass is 9.86. The number of benzene rings is 1. The van der Waals surface area contributed by atoms with Gasteiger partial charge in [-0.15, -0.1) is 0 Å². The molecule has 1 saturated heterocycles. The van der Waals surface area contributed by atoms with Crippen molar-refractivity contribution in [2.45, 2.75) is 38.2 Å². The zero-order valence-corrected chi connectivity index (χ0v) is 18.3. The van der Waals surface area contributed by atoms with E-state index in [9.17, 15) is 9.59 Å². The van der Waals surface area contributed by atoms with Gasteiger partial charge in [0.05, 0.1) is 29.1 Å². The van der Waals surface area contributed by atoms with Crippen LogP contribution in [0.15, 0.2) is 47.1 Å². The molecule has 1 atom stereocenters. The van der Waals surface area contributed by atoms with E-state index in [1.54, 1.807) is 6.26 Å². The number of aromatic nitrogens is 1. The molecule has 0 spiro atoms. The van der Waals surface area contributed by atoms with Gasteiger partial charge in [0.2, 0.25) is 0 Å². The van der Waals surface area contributed by atoms with Crippen LogP contribution in [0, 0.1) is 0 Å². The van der Waals surface area contributed by atoms with Crippen molar-refractivity contribution in [3.05, 3.63) is 65.2 Å². The number of fused-ring (bicyclic) bond motifs is 2. The molecule has 1 aliphatic heterocycles. The highest BCUT2D eigenvalue weighted by Gasteiger charge is 2.26. The van der Waals surface area contributed by atoms with Crippen LogP contribution in [0.4, 0.5) is 0 Å². The van der Waals surface area contributed by atoms with Gasteiger partial charge in [-0.25, -0.2) is 9.78 Å². The second-order valence-electron chi connectivity index (χ2n) is 8.38. The number of nitrogens with zero attached hydrogens (tertiary/aromatic N) is 1. The third-order valence-corrected chi connectivity index (χ3v) is 6.12. The molecule has 0 bridgehead atoms. The minimum atomic E-state index is -0.503. The second kappa shape index (κ2) is 9.58. The molecule has 0 saturated carbocycles. The van der Waals surface area contributed by atoms with E-state index in [-0.39, 0.29) is 18.6 Å². The van der Waals surface area contributed by atoms with E-state index in [0.29, 0.717) is 12.1 Å². The number of esters is 1. The van der Waals surface area contributed by atoms with Crippen LogP contribution in [0.3, 0.4) is 0 Å². The van der Waals surface area contributed by atoms with Crippen molar-refractivity contribution >= 4 is 34.4 Å². The summed E-state index contributed by atoms with van der Waals surface area (Å²) < 4.78 is 16.5. The van der Waals surface area contributed by atoms with Crippen molar-refractivity contribution in [2.24, 2.45) is 0 Å². The van der Waals surface area contributed by atoms with Crippen molar-refractivity contribution < 1.29 is 23.5 Å². The summed E-state index contributed by atoms with van der Waals surface area (Å²) in [4.78, 5) is 30.3. The van der Waals surface area contributed by atoms with Crippen LogP contribution in [0.25, 0.3) is 22.6 Å². The summed E-state index contributed by atoms with van der Waals surface area (Å²) in [5.74, 6) is -0.0827. The van der Waals surface area contributed by atoms with E-state index in [2.05, 4.69) is 5.32 Å². The number of ether oxygens (including phenoxy) is 2. The summed E-state index contributed by atoms with van der Waals surface area (Å²) in [6.45, 7) is 0.836. The Morgan fingerprint density at radius 1 is 1.15 bits per heavy atom. The SMILES string of the molecule is O=C(COC(=O)c1c2c(nc3ccccc13)/C(=C\c1ccco1)CCC2)NCC1CCCO1. The molecule has 1 aliphatic carbocycles. The van der Waals surface area contributed by atoms with Crippen molar-refractivity contribution in [1.82, 2.24) is 10.3 Å². The Morgan fingerprint density at radius 2 is 2.06 bits per heavy atom. The van der Waals surface area contributed by atoms with Crippen LogP contribution in [0.2, 0.25) is 0 Å². The lowest BCUT2D eigenvalue weighted by Crippen LogP contribution is -2.35. The summed E-state index contributed by atoms with van der Waals surface area (Å²) in [5.41, 5.74) is 3.90. The molecule has 1 fully saturated rings. The first-order chi connectivity index (χ1) is 16.2. The number of nitrogens with one attached hydrogen (secondary N) is 1. The average Bonchev–Trinajstić information content (AvgIpc) is 3.54. The number of rotatable bonds is 6. The number of carbonyl (C=O) groups excluding carboxylic acids is 2. The van der Waals surface area contributed by atoms with Crippen LogP contribution >= 0.6 is 0 Å². The van der Waals surface area contributed by atoms with Crippen molar-refractivity contribution in [3.63, 3.8) is 0 Å². The van der Waals surface area contributed by atoms with Gasteiger partial charge in [-0.3, -0.25) is 4.79 Å². The number of hydrogen-bond donors (Lipinski definition) is 1. The van der Waals surface area contributed by atoms with Gasteiger partial charge in [-0.1, -0.05) is 18.2 Å². The quantitative estimate of drug-likeness (QED) is 0.572. The number of hydrogen-bond acceptors (Lipinski definition) is 6. The molecule has 1 unspecified atom stereocenters. The molecular weight excluding hydrogens is 420 g/mol. The largest absolute Gasteiger partial charge is 0.465 e. The van der Waals surface area contributed by atoms with E-state index in [1.165, 1.54) is 0 Å². The molecule has 0 radical (unpaired) electrons. The Morgan fingerprint density at radius 3 is 2.88 bits per heavy atom. The first-order valence-corrected chi connectivity index (χ1v) is 11.4. The minimum absolute atomic E-state index is 0.0418. The van der Waals surface area contributed by atoms with Gasteiger partial charge in [0.1, 0.15) is 5.76 Å². The third kappa shape index (κ3) is 4.68. The number of amides is 1. The van der Waals surface area contributed by atoms with Crippen LogP contribution < -0.4 is 5.32 Å². The van der Waals surface area contributed by atoms with Crippen molar-refractivity contribution in [1.29, 1.82) is 0 Å². The van der Waals surface area contributed by atoms with Gasteiger partial charge in [0, 0.05) is 18.5 Å². The number of pyridine rings is 1. The van der Waals surface area contributed by atoms with Gasteiger partial charge < -0.3 is 19.2 Å². The van der Waals surface area contributed by atoms with Crippen LogP contribution in [0.5, 0.6) is 0 Å². The molecule has 2 aromatic heterocycles. The molecule has 3 aromatic rings. The first kappa shape index (κ1) is 21.4. The normalized spacial score (nSPS) is 18.9. The van der Waals surface area contributed by atoms with E-state index in [0.717, 1.165) is 72.2 Å². The molecule has 2 aliphatic rings. The average molecular weight is 447 g/mol. The predicted molar refractivity (Wildman–Crippen MR) is 124 cm³/mol. The number of allylic oxidation sites excluding steroid dienone is 1. The maximum absolute atomic E-state index is 13.2. The van der Waals surface area contributed by atoms with E-state index < -0.39 is 5.97 Å². The van der Waals surface area contributed by atoms with Crippen molar-refractivity contribution in [2.75, 3.05) is 19.8 Å². The Balaban J connectivity index is 1.41. The van der Waals surface area contributed by atoms with E-state index in [1.807, 2.05) is 42.5 Å². The first-order valence-electron chi connectivity index (χ1n) is 11.4. The van der Waals surface area contributed by atoms with Crippen molar-refractivity contribution in [3.8, 4) is 0 Å². The molecule has 1 aromatic carbocycles. The maximum atomic E-state index is 13.2. The Hall–Kier alpha value is -3.45. The fourth-order valence-corrected chi connectivity index (χ4v) is 4.54. The van der Waals surface area contributed by atoms with Crippen LogP contribution in [-0.2, 0) is 20.7 Å². The summed E-state index contributed by atoms with van der Waals surface area (Å²) in [6.07, 6.45) is 8.05. The summed E-state index contributed by atoms with van der Waals surface area (Å²) in [6, 6.07) is 11.3. The van der Waals surface area contributed by atoms with Gasteiger partial charge in [0.25, 0.3) is 5.91 Å². The zero-order chi connectivity index (χ0) is 22.6. The number of para-hydroxylation sites is 1. The molecule has 3 heterocycles. The standard InChI is InChI=1S/C26H26N2O5/c29-23(27-15-19-8-5-13-32-19)16-33-26(30)24-20-9-1-2-11-22(20)28-25-17(6-3-10-21(24)25)14-18-7-4-12-31-18/h1-2,4,7,9,11-12,14,19H,3,5-6,8,10,13,15-16H2,(H,27,29)/b17-14-. The summed E-state index contributed by atoms with van der Waals surface area (Å²) in [5, 5.41) is 3.53. The Bertz CT molecular complexity index is 1190. The molecule has 170 valence electrons. The molecule has 1 amide bonds. The second-order valence-corrected chi connectivity index (χ2v) is 8.38. The lowest BCUT2D eigenvalue weighted by Gasteiger charge is -2.22. The summed E-state index contributed by atoms with van der Waals surface area (Å²) in [7, 11) is 0. The third-order valence-electron chi connectivity index (χ3n) is 6.12. The smallest absolute Gasteiger partial charge is 0.339 e. The molecule has 33 heavy (non-hydrogen) atoms. The molecule has 7 nitrogen and oxygen atoms in total. The highest BCUT2D eigenvalue weighted by Crippen LogP contribution is 2.36. The molecule has 1 N–H and O–H groups in total. The van der Waals surface area contributed by atoms with E-state index in [4.69, 9.17) is 18.9 Å². The van der Waals surface area contributed by atoms with E-state index >= 15 is 0 Å². The predicted octanol–water partition coefficient (Wildman–Crippen LogP) is 4.16. The maximum Gasteiger partial charge on any atom is 0.339 e. The van der Waals surface area contributed by atoms with Gasteiger partial charge in [0.15, 0.2) is 6.61 Å². The number of carbonyl (C=O) groups is 2. The van der Waals surface area contributed by atoms with Gasteiger partial charge in [-0.2, -0.15) is 0 Å². The van der Waals surface area contributed by atoms with Crippen LogP contribution in [-0.4, -0.2) is 42.7 Å². The van der Waals surface area contributed by atoms with Gasteiger partial charge in [-0.05, 0) is 67.5 Å². The highest BCUT2D eigenvalue weighted by atomic mass is 16.5. The topological polar surface area (TPSA) is 90.7 Å². The van der Waals surface area contributed by atoms with Gasteiger partial charge >= 0.3 is 5.97 Å². The Kier molecular flexibility index (Phi) is 6.21. The molecule has 5 rings (SSSR count). The fraction of sp³-hybridized carbons (Fsp3) is 0.346. The minimum Gasteiger partial charge on any atom is -0.465 e. The fourth-order valence-electron chi connectivity index (χ4n) is 4.54. The van der Waals surface area contributed by atoms with Crippen LogP contribution in [0.1, 0.15) is 53.1 Å². The number of furan rings is 1. The highest BCUT2D eigenvalue weighted by molar-refractivity contribution is 6.07. The monoisotopic (exact) mass is 446 g/mol. The molecular formula is C26H26N2O5. The molecule has 7 heteroatoms.